The van der Waals surface area contributed by atoms with Gasteiger partial charge in [0.25, 0.3) is 0 Å². The number of nitrogens with one attached hydrogen (secondary N) is 1. The zero-order valence-corrected chi connectivity index (χ0v) is 7.58. The lowest BCUT2D eigenvalue weighted by molar-refractivity contribution is 0.156. The van der Waals surface area contributed by atoms with Crippen LogP contribution in [0, 0.1) is 0 Å². The summed E-state index contributed by atoms with van der Waals surface area (Å²) in [5, 5.41) is 11.6. The molecule has 0 fully saturated rings. The first-order valence-electron chi connectivity index (χ1n) is 3.83. The SMILES string of the molecule is CN=C(N)NC(CCO)COC. The van der Waals surface area contributed by atoms with Crippen LogP contribution in [0.3, 0.4) is 0 Å². The molecule has 0 aromatic heterocycles. The van der Waals surface area contributed by atoms with E-state index in [1.54, 1.807) is 14.2 Å². The topological polar surface area (TPSA) is 79.9 Å². The van der Waals surface area contributed by atoms with E-state index in [4.69, 9.17) is 15.6 Å². The van der Waals surface area contributed by atoms with Crippen molar-refractivity contribution in [2.45, 2.75) is 12.5 Å². The zero-order chi connectivity index (χ0) is 9.40. The highest BCUT2D eigenvalue weighted by atomic mass is 16.5. The van der Waals surface area contributed by atoms with Gasteiger partial charge in [0.1, 0.15) is 0 Å². The molecule has 4 N–H and O–H groups in total. The van der Waals surface area contributed by atoms with Gasteiger partial charge < -0.3 is 20.9 Å². The number of ether oxygens (including phenoxy) is 1. The average molecular weight is 175 g/mol. The Bertz CT molecular complexity index is 133. The Labute approximate surface area is 72.6 Å². The van der Waals surface area contributed by atoms with Crippen LogP contribution in [0.15, 0.2) is 4.99 Å². The standard InChI is InChI=1S/C7H17N3O2/c1-9-7(8)10-6(3-4-11)5-12-2/h6,11H,3-5H2,1-2H3,(H3,8,9,10). The van der Waals surface area contributed by atoms with Gasteiger partial charge in [-0.15, -0.1) is 0 Å². The lowest BCUT2D eigenvalue weighted by Crippen LogP contribution is -2.42. The summed E-state index contributed by atoms with van der Waals surface area (Å²) < 4.78 is 4.92. The molecule has 1 atom stereocenters. The van der Waals surface area contributed by atoms with Gasteiger partial charge in [0, 0.05) is 20.8 Å². The van der Waals surface area contributed by atoms with Crippen molar-refractivity contribution in [1.29, 1.82) is 0 Å². The third kappa shape index (κ3) is 4.92. The average Bonchev–Trinajstić information content (AvgIpc) is 2.05. The summed E-state index contributed by atoms with van der Waals surface area (Å²) in [5.74, 6) is 0.366. The van der Waals surface area contributed by atoms with Gasteiger partial charge in [0.2, 0.25) is 0 Å². The molecule has 0 bridgehead atoms. The summed E-state index contributed by atoms with van der Waals surface area (Å²) in [7, 11) is 3.20. The van der Waals surface area contributed by atoms with E-state index in [1.807, 2.05) is 0 Å². The van der Waals surface area contributed by atoms with Gasteiger partial charge in [-0.3, -0.25) is 4.99 Å². The third-order valence-corrected chi connectivity index (χ3v) is 1.44. The second-order valence-corrected chi connectivity index (χ2v) is 2.42. The van der Waals surface area contributed by atoms with Crippen molar-refractivity contribution < 1.29 is 9.84 Å². The van der Waals surface area contributed by atoms with Crippen LogP contribution >= 0.6 is 0 Å². The molecule has 0 saturated heterocycles. The molecule has 0 amide bonds. The maximum absolute atomic E-state index is 8.67. The van der Waals surface area contributed by atoms with E-state index in [1.165, 1.54) is 0 Å². The molecule has 0 aromatic rings. The van der Waals surface area contributed by atoms with Crippen molar-refractivity contribution in [2.75, 3.05) is 27.4 Å². The quantitative estimate of drug-likeness (QED) is 0.367. The zero-order valence-electron chi connectivity index (χ0n) is 7.58. The molecule has 12 heavy (non-hydrogen) atoms. The normalized spacial score (nSPS) is 14.4. The van der Waals surface area contributed by atoms with Crippen molar-refractivity contribution in [3.05, 3.63) is 0 Å². The van der Waals surface area contributed by atoms with Crippen LogP contribution in [0.2, 0.25) is 0 Å². The molecule has 5 heteroatoms. The number of nitrogens with two attached hydrogens (primary N) is 1. The smallest absolute Gasteiger partial charge is 0.188 e. The van der Waals surface area contributed by atoms with Crippen LogP contribution < -0.4 is 11.1 Å². The Balaban J connectivity index is 3.77. The van der Waals surface area contributed by atoms with Crippen LogP contribution in [0.1, 0.15) is 6.42 Å². The van der Waals surface area contributed by atoms with Crippen LogP contribution in [-0.4, -0.2) is 44.5 Å². The first-order chi connectivity index (χ1) is 5.74. The van der Waals surface area contributed by atoms with E-state index < -0.39 is 0 Å². The summed E-state index contributed by atoms with van der Waals surface area (Å²) in [6.07, 6.45) is 0.601. The first-order valence-corrected chi connectivity index (χ1v) is 3.83. The predicted octanol–water partition coefficient (Wildman–Crippen LogP) is -1.08. The molecule has 0 aliphatic heterocycles. The molecule has 0 spiro atoms. The maximum Gasteiger partial charge on any atom is 0.188 e. The fourth-order valence-corrected chi connectivity index (χ4v) is 0.828. The minimum absolute atomic E-state index is 0.0312. The molecule has 0 saturated carbocycles. The second kappa shape index (κ2) is 6.87. The summed E-state index contributed by atoms with van der Waals surface area (Å²) in [6.45, 7) is 0.620. The van der Waals surface area contributed by atoms with Crippen molar-refractivity contribution >= 4 is 5.96 Å². The fourth-order valence-electron chi connectivity index (χ4n) is 0.828. The number of guanidine groups is 1. The van der Waals surface area contributed by atoms with E-state index in [2.05, 4.69) is 10.3 Å². The molecule has 1 unspecified atom stereocenters. The molecular weight excluding hydrogens is 158 g/mol. The Hall–Kier alpha value is -0.810. The summed E-state index contributed by atoms with van der Waals surface area (Å²) >= 11 is 0. The number of nitrogens with zero attached hydrogens (tertiary/aromatic N) is 1. The van der Waals surface area contributed by atoms with Crippen molar-refractivity contribution in [2.24, 2.45) is 10.7 Å². The van der Waals surface area contributed by atoms with Crippen molar-refractivity contribution in [1.82, 2.24) is 5.32 Å². The lowest BCUT2D eigenvalue weighted by Gasteiger charge is -2.16. The molecule has 5 nitrogen and oxygen atoms in total. The van der Waals surface area contributed by atoms with E-state index in [9.17, 15) is 0 Å². The van der Waals surface area contributed by atoms with Crippen LogP contribution in [0.5, 0.6) is 0 Å². The summed E-state index contributed by atoms with van der Waals surface area (Å²) in [5.41, 5.74) is 5.44. The fraction of sp³-hybridized carbons (Fsp3) is 0.857. The molecule has 0 aromatic carbocycles. The molecule has 0 aliphatic rings. The van der Waals surface area contributed by atoms with Crippen LogP contribution in [-0.2, 0) is 4.74 Å². The highest BCUT2D eigenvalue weighted by Crippen LogP contribution is 1.90. The minimum Gasteiger partial charge on any atom is -0.396 e. The molecule has 72 valence electrons. The highest BCUT2D eigenvalue weighted by molar-refractivity contribution is 5.77. The Morgan fingerprint density at radius 1 is 1.75 bits per heavy atom. The van der Waals surface area contributed by atoms with E-state index in [0.29, 0.717) is 19.0 Å². The monoisotopic (exact) mass is 175 g/mol. The van der Waals surface area contributed by atoms with E-state index in [-0.39, 0.29) is 12.6 Å². The van der Waals surface area contributed by atoms with Gasteiger partial charge in [0.15, 0.2) is 5.96 Å². The number of hydrogen-bond donors (Lipinski definition) is 3. The number of aliphatic hydroxyl groups is 1. The number of methoxy groups -OCH3 is 1. The van der Waals surface area contributed by atoms with Crippen molar-refractivity contribution in [3.63, 3.8) is 0 Å². The second-order valence-electron chi connectivity index (χ2n) is 2.42. The van der Waals surface area contributed by atoms with Gasteiger partial charge in [-0.2, -0.15) is 0 Å². The summed E-state index contributed by atoms with van der Waals surface area (Å²) in [4.78, 5) is 3.74. The lowest BCUT2D eigenvalue weighted by atomic mass is 10.2. The number of hydrogen-bond acceptors (Lipinski definition) is 3. The van der Waals surface area contributed by atoms with Crippen molar-refractivity contribution in [3.8, 4) is 0 Å². The predicted molar refractivity (Wildman–Crippen MR) is 48.0 cm³/mol. The molecule has 0 aliphatic carbocycles. The molecular formula is C7H17N3O2. The van der Waals surface area contributed by atoms with Gasteiger partial charge in [-0.25, -0.2) is 0 Å². The van der Waals surface area contributed by atoms with Gasteiger partial charge in [-0.05, 0) is 6.42 Å². The maximum atomic E-state index is 8.67. The van der Waals surface area contributed by atoms with Gasteiger partial charge >= 0.3 is 0 Å². The van der Waals surface area contributed by atoms with E-state index in [0.717, 1.165) is 0 Å². The number of rotatable bonds is 5. The van der Waals surface area contributed by atoms with Crippen LogP contribution in [0.4, 0.5) is 0 Å². The first kappa shape index (κ1) is 11.2. The third-order valence-electron chi connectivity index (χ3n) is 1.44. The number of aliphatic hydroxyl groups excluding tert-OH is 1. The molecule has 0 radical (unpaired) electrons. The van der Waals surface area contributed by atoms with E-state index >= 15 is 0 Å². The number of aliphatic imine (C=N–C) groups is 1. The highest BCUT2D eigenvalue weighted by Gasteiger charge is 2.07. The van der Waals surface area contributed by atoms with Gasteiger partial charge in [-0.1, -0.05) is 0 Å². The summed E-state index contributed by atoms with van der Waals surface area (Å²) in [6, 6.07) is 0.0312. The Morgan fingerprint density at radius 2 is 2.42 bits per heavy atom. The molecule has 0 rings (SSSR count). The Morgan fingerprint density at radius 3 is 2.83 bits per heavy atom. The molecule has 0 heterocycles. The largest absolute Gasteiger partial charge is 0.396 e. The van der Waals surface area contributed by atoms with Crippen LogP contribution in [0.25, 0.3) is 0 Å². The minimum atomic E-state index is 0.0312. The van der Waals surface area contributed by atoms with Gasteiger partial charge in [0.05, 0.1) is 12.6 Å². The Kier molecular flexibility index (Phi) is 6.41.